The smallest absolute Gasteiger partial charge is 0.193 e. The van der Waals surface area contributed by atoms with E-state index in [1.54, 1.807) is 0 Å². The number of hydrogen-bond acceptors (Lipinski definition) is 3. The first-order chi connectivity index (χ1) is 11.6. The highest BCUT2D eigenvalue weighted by Gasteiger charge is 2.13. The van der Waals surface area contributed by atoms with E-state index >= 15 is 0 Å². The minimum atomic E-state index is 0.483. The number of benzene rings is 1. The third-order valence-electron chi connectivity index (χ3n) is 4.61. The van der Waals surface area contributed by atoms with Crippen molar-refractivity contribution in [3.8, 4) is 0 Å². The third kappa shape index (κ3) is 6.13. The first kappa shape index (κ1) is 18.7. The molecule has 0 aliphatic carbocycles. The van der Waals surface area contributed by atoms with Crippen molar-refractivity contribution in [3.63, 3.8) is 0 Å². The zero-order chi connectivity index (χ0) is 17.4. The van der Waals surface area contributed by atoms with E-state index in [1.165, 1.54) is 5.56 Å². The van der Waals surface area contributed by atoms with E-state index in [9.17, 15) is 0 Å². The van der Waals surface area contributed by atoms with E-state index in [-0.39, 0.29) is 0 Å². The second-order valence-electron chi connectivity index (χ2n) is 6.80. The van der Waals surface area contributed by atoms with E-state index in [2.05, 4.69) is 60.2 Å². The summed E-state index contributed by atoms with van der Waals surface area (Å²) in [6.07, 6.45) is 1.15. The number of nitrogens with one attached hydrogen (secondary N) is 1. The lowest BCUT2D eigenvalue weighted by Crippen LogP contribution is -2.39. The maximum Gasteiger partial charge on any atom is 0.193 e. The molecule has 0 amide bonds. The summed E-state index contributed by atoms with van der Waals surface area (Å²) in [5.74, 6) is 1.56. The van der Waals surface area contributed by atoms with E-state index in [0.717, 1.165) is 51.5 Å². The van der Waals surface area contributed by atoms with Crippen LogP contribution in [0, 0.1) is 5.92 Å². The van der Waals surface area contributed by atoms with Crippen molar-refractivity contribution in [2.75, 3.05) is 44.7 Å². The van der Waals surface area contributed by atoms with Gasteiger partial charge in [-0.05, 0) is 36.0 Å². The summed E-state index contributed by atoms with van der Waals surface area (Å²) < 4.78 is 5.38. The van der Waals surface area contributed by atoms with Gasteiger partial charge in [0.2, 0.25) is 0 Å². The Morgan fingerprint density at radius 2 is 1.92 bits per heavy atom. The second kappa shape index (κ2) is 9.64. The van der Waals surface area contributed by atoms with Gasteiger partial charge in [-0.3, -0.25) is 9.89 Å². The number of aliphatic imine (C=N–C) groups is 1. The normalized spacial score (nSPS) is 19.0. The molecule has 0 spiro atoms. The van der Waals surface area contributed by atoms with Gasteiger partial charge in [-0.15, -0.1) is 0 Å². The molecular formula is C19H32N4O. The number of guanidine groups is 1. The molecule has 0 aromatic heterocycles. The summed E-state index contributed by atoms with van der Waals surface area (Å²) in [5, 5.41) is 3.18. The minimum absolute atomic E-state index is 0.483. The zero-order valence-corrected chi connectivity index (χ0v) is 15.3. The first-order valence-electron chi connectivity index (χ1n) is 9.05. The van der Waals surface area contributed by atoms with E-state index in [0.29, 0.717) is 17.8 Å². The van der Waals surface area contributed by atoms with Crippen LogP contribution >= 0.6 is 0 Å². The average Bonchev–Trinajstić information content (AvgIpc) is 2.61. The van der Waals surface area contributed by atoms with Crippen LogP contribution in [-0.2, 0) is 4.74 Å². The van der Waals surface area contributed by atoms with Crippen molar-refractivity contribution in [2.45, 2.75) is 33.1 Å². The van der Waals surface area contributed by atoms with Crippen molar-refractivity contribution in [1.82, 2.24) is 4.90 Å². The van der Waals surface area contributed by atoms with E-state index in [1.807, 2.05) is 0 Å². The highest BCUT2D eigenvalue weighted by atomic mass is 16.5. The summed E-state index contributed by atoms with van der Waals surface area (Å²) in [6, 6.07) is 8.46. The van der Waals surface area contributed by atoms with Crippen LogP contribution in [0.2, 0.25) is 0 Å². The molecule has 134 valence electrons. The maximum atomic E-state index is 6.02. The molecule has 2 atom stereocenters. The van der Waals surface area contributed by atoms with E-state index in [4.69, 9.17) is 10.5 Å². The Hall–Kier alpha value is -1.59. The lowest BCUT2D eigenvalue weighted by Gasteiger charge is -2.28. The average molecular weight is 332 g/mol. The predicted molar refractivity (Wildman–Crippen MR) is 102 cm³/mol. The standard InChI is InChI=1S/C19H32N4O/c1-4-16(3)17-5-7-18(8-6-17)22-19(20)21-13-15(2)14-23-9-11-24-12-10-23/h5-8,15-16H,4,9-14H2,1-3H3,(H3,20,21,22). The van der Waals surface area contributed by atoms with Crippen LogP contribution in [0.1, 0.15) is 38.7 Å². The van der Waals surface area contributed by atoms with Gasteiger partial charge in [0.05, 0.1) is 13.2 Å². The molecule has 2 rings (SSSR count). The van der Waals surface area contributed by atoms with Gasteiger partial charge in [-0.2, -0.15) is 0 Å². The Balaban J connectivity index is 1.78. The lowest BCUT2D eigenvalue weighted by molar-refractivity contribution is 0.0323. The number of hydrogen-bond donors (Lipinski definition) is 2. The highest BCUT2D eigenvalue weighted by Crippen LogP contribution is 2.20. The van der Waals surface area contributed by atoms with Gasteiger partial charge in [0, 0.05) is 31.9 Å². The molecule has 3 N–H and O–H groups in total. The molecule has 1 heterocycles. The van der Waals surface area contributed by atoms with Crippen molar-refractivity contribution in [2.24, 2.45) is 16.6 Å². The molecule has 5 heteroatoms. The van der Waals surface area contributed by atoms with Crippen molar-refractivity contribution >= 4 is 11.6 Å². The van der Waals surface area contributed by atoms with Crippen LogP contribution in [0.3, 0.4) is 0 Å². The van der Waals surface area contributed by atoms with Crippen LogP contribution in [-0.4, -0.2) is 50.3 Å². The molecular weight excluding hydrogens is 300 g/mol. The Kier molecular flexibility index (Phi) is 7.53. The van der Waals surface area contributed by atoms with E-state index < -0.39 is 0 Å². The van der Waals surface area contributed by atoms with Gasteiger partial charge in [0.1, 0.15) is 0 Å². The number of nitrogens with two attached hydrogens (primary N) is 1. The third-order valence-corrected chi connectivity index (χ3v) is 4.61. The van der Waals surface area contributed by atoms with Crippen LogP contribution < -0.4 is 11.1 Å². The minimum Gasteiger partial charge on any atom is -0.379 e. The lowest BCUT2D eigenvalue weighted by atomic mass is 9.99. The molecule has 0 saturated carbocycles. The number of morpholine rings is 1. The van der Waals surface area contributed by atoms with Gasteiger partial charge < -0.3 is 15.8 Å². The maximum absolute atomic E-state index is 6.02. The molecule has 2 unspecified atom stereocenters. The highest BCUT2D eigenvalue weighted by molar-refractivity contribution is 5.92. The Morgan fingerprint density at radius 3 is 2.54 bits per heavy atom. The molecule has 1 aliphatic rings. The molecule has 1 saturated heterocycles. The summed E-state index contributed by atoms with van der Waals surface area (Å²) >= 11 is 0. The second-order valence-corrected chi connectivity index (χ2v) is 6.80. The Bertz CT molecular complexity index is 509. The molecule has 0 bridgehead atoms. The summed E-state index contributed by atoms with van der Waals surface area (Å²) in [5.41, 5.74) is 8.37. The Morgan fingerprint density at radius 1 is 1.25 bits per heavy atom. The van der Waals surface area contributed by atoms with Gasteiger partial charge in [0.15, 0.2) is 5.96 Å². The molecule has 1 aromatic carbocycles. The topological polar surface area (TPSA) is 62.9 Å². The fraction of sp³-hybridized carbons (Fsp3) is 0.632. The monoisotopic (exact) mass is 332 g/mol. The van der Waals surface area contributed by atoms with Crippen molar-refractivity contribution in [3.05, 3.63) is 29.8 Å². The number of nitrogens with zero attached hydrogens (tertiary/aromatic N) is 2. The molecule has 1 aliphatic heterocycles. The van der Waals surface area contributed by atoms with Crippen molar-refractivity contribution < 1.29 is 4.74 Å². The number of rotatable bonds is 7. The SMILES string of the molecule is CCC(C)c1ccc(NC(N)=NCC(C)CN2CCOCC2)cc1. The van der Waals surface area contributed by atoms with Gasteiger partial charge in [-0.25, -0.2) is 0 Å². The van der Waals surface area contributed by atoms with Crippen LogP contribution in [0.5, 0.6) is 0 Å². The quantitative estimate of drug-likeness (QED) is 0.595. The van der Waals surface area contributed by atoms with Gasteiger partial charge >= 0.3 is 0 Å². The fourth-order valence-corrected chi connectivity index (χ4v) is 2.85. The summed E-state index contributed by atoms with van der Waals surface area (Å²) in [7, 11) is 0. The summed E-state index contributed by atoms with van der Waals surface area (Å²) in [6.45, 7) is 12.2. The molecule has 1 fully saturated rings. The largest absolute Gasteiger partial charge is 0.379 e. The first-order valence-corrected chi connectivity index (χ1v) is 9.05. The fourth-order valence-electron chi connectivity index (χ4n) is 2.85. The van der Waals surface area contributed by atoms with Gasteiger partial charge in [-0.1, -0.05) is 32.9 Å². The number of anilines is 1. The zero-order valence-electron chi connectivity index (χ0n) is 15.3. The Labute approximate surface area is 146 Å². The van der Waals surface area contributed by atoms with Crippen molar-refractivity contribution in [1.29, 1.82) is 0 Å². The summed E-state index contributed by atoms with van der Waals surface area (Å²) in [4.78, 5) is 6.92. The van der Waals surface area contributed by atoms with Crippen LogP contribution in [0.15, 0.2) is 29.3 Å². The molecule has 24 heavy (non-hydrogen) atoms. The molecule has 0 radical (unpaired) electrons. The van der Waals surface area contributed by atoms with Crippen LogP contribution in [0.4, 0.5) is 5.69 Å². The van der Waals surface area contributed by atoms with Crippen LogP contribution in [0.25, 0.3) is 0 Å². The van der Waals surface area contributed by atoms with Gasteiger partial charge in [0.25, 0.3) is 0 Å². The number of ether oxygens (including phenoxy) is 1. The molecule has 5 nitrogen and oxygen atoms in total. The molecule has 1 aromatic rings. The predicted octanol–water partition coefficient (Wildman–Crippen LogP) is 2.90.